The highest BCUT2D eigenvalue weighted by Gasteiger charge is 2.20. The lowest BCUT2D eigenvalue weighted by molar-refractivity contribution is 0.169. The number of aromatic nitrogens is 1. The topological polar surface area (TPSA) is 84.6 Å². The van der Waals surface area contributed by atoms with E-state index in [1.807, 2.05) is 31.3 Å². The smallest absolute Gasteiger partial charge is 0.193 e. The molecule has 0 saturated carbocycles. The molecular formula is C21H32IN5O4. The molecule has 1 aromatic carbocycles. The van der Waals surface area contributed by atoms with Gasteiger partial charge in [0.15, 0.2) is 5.96 Å². The van der Waals surface area contributed by atoms with Gasteiger partial charge in [0.2, 0.25) is 0 Å². The van der Waals surface area contributed by atoms with Crippen molar-refractivity contribution in [2.45, 2.75) is 13.0 Å². The SMILES string of the molecule is CN=C(NCCCOc1cc(OC)cc(OC)c1)N1CCN(Cc2ccon2)CC1.I. The van der Waals surface area contributed by atoms with Gasteiger partial charge in [0.25, 0.3) is 0 Å². The van der Waals surface area contributed by atoms with E-state index in [2.05, 4.69) is 25.3 Å². The number of nitrogens with zero attached hydrogens (tertiary/aromatic N) is 4. The third-order valence-corrected chi connectivity index (χ3v) is 4.96. The summed E-state index contributed by atoms with van der Waals surface area (Å²) in [6.07, 6.45) is 2.47. The number of halogens is 1. The summed E-state index contributed by atoms with van der Waals surface area (Å²) in [6, 6.07) is 7.45. The van der Waals surface area contributed by atoms with Crippen LogP contribution in [0.2, 0.25) is 0 Å². The molecule has 172 valence electrons. The number of hydrogen-bond acceptors (Lipinski definition) is 7. The van der Waals surface area contributed by atoms with Crippen molar-refractivity contribution in [3.05, 3.63) is 36.2 Å². The maximum atomic E-state index is 5.84. The average molecular weight is 545 g/mol. The molecule has 0 atom stereocenters. The molecule has 31 heavy (non-hydrogen) atoms. The second-order valence-electron chi connectivity index (χ2n) is 6.98. The summed E-state index contributed by atoms with van der Waals surface area (Å²) < 4.78 is 21.3. The molecule has 1 aliphatic rings. The van der Waals surface area contributed by atoms with Crippen molar-refractivity contribution in [1.82, 2.24) is 20.3 Å². The highest BCUT2D eigenvalue weighted by atomic mass is 127. The van der Waals surface area contributed by atoms with Gasteiger partial charge in [0.1, 0.15) is 23.5 Å². The first kappa shape index (κ1) is 25.1. The van der Waals surface area contributed by atoms with Crippen LogP contribution in [0.4, 0.5) is 0 Å². The first-order chi connectivity index (χ1) is 14.7. The Morgan fingerprint density at radius 3 is 2.35 bits per heavy atom. The fraction of sp³-hybridized carbons (Fsp3) is 0.524. The van der Waals surface area contributed by atoms with E-state index in [-0.39, 0.29) is 24.0 Å². The number of methoxy groups -OCH3 is 2. The van der Waals surface area contributed by atoms with Crippen LogP contribution in [0.3, 0.4) is 0 Å². The Bertz CT molecular complexity index is 773. The molecule has 3 rings (SSSR count). The van der Waals surface area contributed by atoms with Crippen LogP contribution < -0.4 is 19.5 Å². The zero-order valence-electron chi connectivity index (χ0n) is 18.4. The van der Waals surface area contributed by atoms with E-state index in [9.17, 15) is 0 Å². The van der Waals surface area contributed by atoms with Crippen molar-refractivity contribution in [2.75, 3.05) is 60.6 Å². The standard InChI is InChI=1S/C21H31N5O4.HI/c1-22-21(26-9-7-25(8-10-26)16-17-5-12-30-24-17)23-6-4-11-29-20-14-18(27-2)13-19(15-20)28-3;/h5,12-15H,4,6-11,16H2,1-3H3,(H,22,23);1H. The number of benzene rings is 1. The number of piperazine rings is 1. The van der Waals surface area contributed by atoms with Gasteiger partial charge in [-0.15, -0.1) is 24.0 Å². The molecule has 1 N–H and O–H groups in total. The van der Waals surface area contributed by atoms with Crippen LogP contribution in [0.1, 0.15) is 12.1 Å². The highest BCUT2D eigenvalue weighted by Crippen LogP contribution is 2.27. The normalized spacial score (nSPS) is 14.7. The summed E-state index contributed by atoms with van der Waals surface area (Å²) in [4.78, 5) is 9.08. The van der Waals surface area contributed by atoms with Crippen LogP contribution in [-0.2, 0) is 6.54 Å². The lowest BCUT2D eigenvalue weighted by Gasteiger charge is -2.36. The van der Waals surface area contributed by atoms with Crippen molar-refractivity contribution in [1.29, 1.82) is 0 Å². The number of ether oxygens (including phenoxy) is 3. The second-order valence-corrected chi connectivity index (χ2v) is 6.98. The maximum Gasteiger partial charge on any atom is 0.193 e. The largest absolute Gasteiger partial charge is 0.496 e. The molecule has 2 aromatic rings. The van der Waals surface area contributed by atoms with Crippen molar-refractivity contribution in [3.63, 3.8) is 0 Å². The molecule has 0 radical (unpaired) electrons. The van der Waals surface area contributed by atoms with Crippen LogP contribution >= 0.6 is 24.0 Å². The molecule has 1 saturated heterocycles. The summed E-state index contributed by atoms with van der Waals surface area (Å²) in [5, 5.41) is 7.42. The first-order valence-corrected chi connectivity index (χ1v) is 10.1. The zero-order chi connectivity index (χ0) is 21.2. The number of hydrogen-bond donors (Lipinski definition) is 1. The number of guanidine groups is 1. The third kappa shape index (κ3) is 7.76. The summed E-state index contributed by atoms with van der Waals surface area (Å²) in [7, 11) is 5.08. The zero-order valence-corrected chi connectivity index (χ0v) is 20.7. The van der Waals surface area contributed by atoms with E-state index < -0.39 is 0 Å². The molecule has 9 nitrogen and oxygen atoms in total. The van der Waals surface area contributed by atoms with Crippen molar-refractivity contribution in [3.8, 4) is 17.2 Å². The Labute approximate surface area is 200 Å². The minimum absolute atomic E-state index is 0. The monoisotopic (exact) mass is 545 g/mol. The Morgan fingerprint density at radius 2 is 1.77 bits per heavy atom. The highest BCUT2D eigenvalue weighted by molar-refractivity contribution is 14.0. The van der Waals surface area contributed by atoms with E-state index in [4.69, 9.17) is 18.7 Å². The minimum atomic E-state index is 0. The van der Waals surface area contributed by atoms with Gasteiger partial charge in [-0.05, 0) is 6.42 Å². The Balaban J connectivity index is 0.00000341. The third-order valence-electron chi connectivity index (χ3n) is 4.96. The first-order valence-electron chi connectivity index (χ1n) is 10.1. The van der Waals surface area contributed by atoms with Gasteiger partial charge in [0.05, 0.1) is 26.5 Å². The molecular weight excluding hydrogens is 513 g/mol. The van der Waals surface area contributed by atoms with Crippen molar-refractivity contribution >= 4 is 29.9 Å². The summed E-state index contributed by atoms with van der Waals surface area (Å²) in [5.41, 5.74) is 0.972. The number of aliphatic imine (C=N–C) groups is 1. The molecule has 0 amide bonds. The molecule has 1 aliphatic heterocycles. The predicted molar refractivity (Wildman–Crippen MR) is 130 cm³/mol. The van der Waals surface area contributed by atoms with Crippen molar-refractivity contribution in [2.24, 2.45) is 4.99 Å². The van der Waals surface area contributed by atoms with Gasteiger partial charge >= 0.3 is 0 Å². The molecule has 0 spiro atoms. The molecule has 10 heteroatoms. The Morgan fingerprint density at radius 1 is 1.10 bits per heavy atom. The Kier molecular flexibility index (Phi) is 10.7. The van der Waals surface area contributed by atoms with E-state index in [0.717, 1.165) is 63.1 Å². The fourth-order valence-corrected chi connectivity index (χ4v) is 3.33. The van der Waals surface area contributed by atoms with E-state index in [1.54, 1.807) is 20.5 Å². The molecule has 0 aliphatic carbocycles. The number of rotatable bonds is 9. The van der Waals surface area contributed by atoms with Crippen LogP contribution in [0.5, 0.6) is 17.2 Å². The fourth-order valence-electron chi connectivity index (χ4n) is 3.33. The van der Waals surface area contributed by atoms with E-state index >= 15 is 0 Å². The van der Waals surface area contributed by atoms with Gasteiger partial charge in [-0.2, -0.15) is 0 Å². The average Bonchev–Trinajstić information content (AvgIpc) is 3.29. The van der Waals surface area contributed by atoms with Crippen molar-refractivity contribution < 1.29 is 18.7 Å². The van der Waals surface area contributed by atoms with Gasteiger partial charge in [0, 0.05) is 70.6 Å². The van der Waals surface area contributed by atoms with Gasteiger partial charge in [-0.25, -0.2) is 0 Å². The second kappa shape index (κ2) is 13.3. The quantitative estimate of drug-likeness (QED) is 0.223. The van der Waals surface area contributed by atoms with E-state index in [0.29, 0.717) is 18.1 Å². The lowest BCUT2D eigenvalue weighted by atomic mass is 10.3. The Hall–Kier alpha value is -2.21. The van der Waals surface area contributed by atoms with Gasteiger partial charge < -0.3 is 29.0 Å². The predicted octanol–water partition coefficient (Wildman–Crippen LogP) is 2.47. The molecule has 2 heterocycles. The van der Waals surface area contributed by atoms with Gasteiger partial charge in [-0.3, -0.25) is 9.89 Å². The molecule has 0 unspecified atom stereocenters. The molecule has 1 fully saturated rings. The van der Waals surface area contributed by atoms with Crippen LogP contribution in [0, 0.1) is 0 Å². The lowest BCUT2D eigenvalue weighted by Crippen LogP contribution is -2.52. The maximum absolute atomic E-state index is 5.84. The molecule has 1 aromatic heterocycles. The van der Waals surface area contributed by atoms with Crippen LogP contribution in [0.15, 0.2) is 40.0 Å². The van der Waals surface area contributed by atoms with Crippen LogP contribution in [-0.4, -0.2) is 81.5 Å². The minimum Gasteiger partial charge on any atom is -0.496 e. The summed E-state index contributed by atoms with van der Waals surface area (Å²) >= 11 is 0. The number of nitrogens with one attached hydrogen (secondary N) is 1. The summed E-state index contributed by atoms with van der Waals surface area (Å²) in [5.74, 6) is 3.09. The van der Waals surface area contributed by atoms with Crippen LogP contribution in [0.25, 0.3) is 0 Å². The molecule has 0 bridgehead atoms. The van der Waals surface area contributed by atoms with E-state index in [1.165, 1.54) is 0 Å². The summed E-state index contributed by atoms with van der Waals surface area (Å²) in [6.45, 7) is 5.99. The van der Waals surface area contributed by atoms with Gasteiger partial charge in [-0.1, -0.05) is 5.16 Å².